The summed E-state index contributed by atoms with van der Waals surface area (Å²) in [5, 5.41) is 36.4. The molecule has 2 saturated heterocycles. The highest BCUT2D eigenvalue weighted by atomic mass is 16.7. The number of ketones is 2. The molecule has 3 fully saturated rings. The first-order valence-electron chi connectivity index (χ1n) is 24.4. The number of carbonyl (C=O) groups excluding carboxylic acids is 4. The SMILES string of the molecule is CCC1C=C(C)CC(C)CC(OC)C2OC(O)(C(=O)C(=O)N3CCCCC3C(=O)OC(C(C)=CC3CCC(Oc4ccc5c(ccn5CC)c4)C(O)C3)C(C)C(O)CC1=O)C(C)CC2OC. The molecule has 4 aliphatic rings. The molecule has 0 radical (unpaired) electrons. The molecule has 2 aromatic rings. The summed E-state index contributed by atoms with van der Waals surface area (Å²) in [6.45, 7) is 14.2. The molecule has 66 heavy (non-hydrogen) atoms. The number of esters is 1. The van der Waals surface area contributed by atoms with Crippen molar-refractivity contribution in [3.63, 3.8) is 0 Å². The van der Waals surface area contributed by atoms with Gasteiger partial charge in [-0.3, -0.25) is 14.4 Å². The van der Waals surface area contributed by atoms with E-state index in [9.17, 15) is 34.5 Å². The van der Waals surface area contributed by atoms with Crippen molar-refractivity contribution >= 4 is 34.3 Å². The number of amides is 1. The van der Waals surface area contributed by atoms with Crippen LogP contribution in [0, 0.1) is 29.6 Å². The summed E-state index contributed by atoms with van der Waals surface area (Å²) in [7, 11) is 3.07. The zero-order valence-electron chi connectivity index (χ0n) is 40.6. The molecule has 366 valence electrons. The maximum atomic E-state index is 14.5. The second-order valence-electron chi connectivity index (χ2n) is 19.9. The minimum absolute atomic E-state index is 0.0234. The highest BCUT2D eigenvalue weighted by molar-refractivity contribution is 6.39. The van der Waals surface area contributed by atoms with Crippen molar-refractivity contribution in [3.05, 3.63) is 53.8 Å². The van der Waals surface area contributed by atoms with Crippen LogP contribution >= 0.6 is 0 Å². The van der Waals surface area contributed by atoms with E-state index in [-0.39, 0.29) is 43.4 Å². The summed E-state index contributed by atoms with van der Waals surface area (Å²) in [5.41, 5.74) is 2.74. The predicted molar refractivity (Wildman–Crippen MR) is 249 cm³/mol. The largest absolute Gasteiger partial charge is 0.488 e. The van der Waals surface area contributed by atoms with E-state index in [0.29, 0.717) is 62.7 Å². The van der Waals surface area contributed by atoms with Gasteiger partial charge < -0.3 is 48.5 Å². The van der Waals surface area contributed by atoms with Crippen LogP contribution in [0.15, 0.2) is 53.8 Å². The number of nitrogens with zero attached hydrogens (tertiary/aromatic N) is 2. The molecular formula is C52H76N2O12. The average Bonchev–Trinajstić information content (AvgIpc) is 3.72. The number of ether oxygens (including phenoxy) is 5. The Morgan fingerprint density at radius 3 is 2.32 bits per heavy atom. The Morgan fingerprint density at radius 1 is 0.909 bits per heavy atom. The van der Waals surface area contributed by atoms with Gasteiger partial charge in [0.2, 0.25) is 5.79 Å². The molecule has 2 bridgehead atoms. The number of benzene rings is 1. The number of allylic oxidation sites excluding steroid dienone is 3. The zero-order chi connectivity index (χ0) is 48.0. The number of aromatic nitrogens is 1. The lowest BCUT2D eigenvalue weighted by Crippen LogP contribution is -2.64. The molecule has 14 atom stereocenters. The molecule has 1 saturated carbocycles. The molecule has 6 rings (SSSR count). The molecule has 1 aromatic carbocycles. The van der Waals surface area contributed by atoms with Crippen molar-refractivity contribution in [1.82, 2.24) is 9.47 Å². The fraction of sp³-hybridized carbons (Fsp3) is 0.692. The molecule has 4 heterocycles. The number of Topliss-reactive ketones (excluding diaryl/α,β-unsaturated/α-hetero) is 2. The van der Waals surface area contributed by atoms with E-state index in [4.69, 9.17) is 23.7 Å². The van der Waals surface area contributed by atoms with Gasteiger partial charge in [-0.15, -0.1) is 0 Å². The Bertz CT molecular complexity index is 2080. The van der Waals surface area contributed by atoms with Crippen molar-refractivity contribution < 1.29 is 58.2 Å². The second-order valence-corrected chi connectivity index (χ2v) is 19.9. The number of piperidine rings is 1. The number of aliphatic hydroxyl groups excluding tert-OH is 2. The third-order valence-electron chi connectivity index (χ3n) is 15.0. The monoisotopic (exact) mass is 921 g/mol. The topological polar surface area (TPSA) is 183 Å². The van der Waals surface area contributed by atoms with Gasteiger partial charge in [0.15, 0.2) is 0 Å². The number of hydrogen-bond donors (Lipinski definition) is 3. The van der Waals surface area contributed by atoms with Gasteiger partial charge in [-0.25, -0.2) is 4.79 Å². The highest BCUT2D eigenvalue weighted by Gasteiger charge is 2.56. The minimum Gasteiger partial charge on any atom is -0.488 e. The van der Waals surface area contributed by atoms with Gasteiger partial charge in [0, 0.05) is 68.6 Å². The van der Waals surface area contributed by atoms with Crippen molar-refractivity contribution in [3.8, 4) is 5.75 Å². The van der Waals surface area contributed by atoms with Crippen molar-refractivity contribution in [2.45, 2.75) is 180 Å². The number of fused-ring (bicyclic) bond motifs is 4. The van der Waals surface area contributed by atoms with Crippen LogP contribution in [0.2, 0.25) is 0 Å². The van der Waals surface area contributed by atoms with E-state index in [2.05, 4.69) is 24.5 Å². The number of methoxy groups -OCH3 is 2. The molecule has 14 heteroatoms. The van der Waals surface area contributed by atoms with E-state index in [1.54, 1.807) is 13.8 Å². The average molecular weight is 921 g/mol. The van der Waals surface area contributed by atoms with Crippen LogP contribution in [0.4, 0.5) is 0 Å². The normalized spacial score (nSPS) is 36.3. The van der Waals surface area contributed by atoms with Crippen LogP contribution < -0.4 is 4.74 Å². The molecular weight excluding hydrogens is 845 g/mol. The van der Waals surface area contributed by atoms with E-state index in [0.717, 1.165) is 23.0 Å². The van der Waals surface area contributed by atoms with E-state index in [1.807, 2.05) is 57.3 Å². The zero-order valence-corrected chi connectivity index (χ0v) is 40.6. The van der Waals surface area contributed by atoms with Gasteiger partial charge in [-0.05, 0) is 127 Å². The van der Waals surface area contributed by atoms with E-state index in [1.165, 1.54) is 19.1 Å². The van der Waals surface area contributed by atoms with Crippen LogP contribution in [0.5, 0.6) is 5.75 Å². The first-order valence-corrected chi connectivity index (χ1v) is 24.4. The molecule has 3 N–H and O–H groups in total. The Kier molecular flexibility index (Phi) is 17.5. The quantitative estimate of drug-likeness (QED) is 0.142. The summed E-state index contributed by atoms with van der Waals surface area (Å²) in [6.07, 6.45) is 5.15. The Morgan fingerprint density at radius 2 is 1.64 bits per heavy atom. The molecule has 14 nitrogen and oxygen atoms in total. The molecule has 1 aromatic heterocycles. The summed E-state index contributed by atoms with van der Waals surface area (Å²) >= 11 is 0. The van der Waals surface area contributed by atoms with E-state index < -0.39 is 90.0 Å². The molecule has 0 spiro atoms. The number of cyclic esters (lactones) is 1. The molecule has 1 aliphatic carbocycles. The summed E-state index contributed by atoms with van der Waals surface area (Å²) in [6, 6.07) is 6.85. The maximum Gasteiger partial charge on any atom is 0.329 e. The first-order chi connectivity index (χ1) is 31.4. The van der Waals surface area contributed by atoms with Gasteiger partial charge in [0.1, 0.15) is 35.9 Å². The smallest absolute Gasteiger partial charge is 0.329 e. The van der Waals surface area contributed by atoms with Gasteiger partial charge in [0.25, 0.3) is 11.7 Å². The van der Waals surface area contributed by atoms with Crippen molar-refractivity contribution in [1.29, 1.82) is 0 Å². The number of carbonyl (C=O) groups is 4. The Hall–Kier alpha value is -3.92. The maximum absolute atomic E-state index is 14.5. The number of rotatable bonds is 8. The fourth-order valence-electron chi connectivity index (χ4n) is 11.0. The third-order valence-corrected chi connectivity index (χ3v) is 15.0. The lowest BCUT2D eigenvalue weighted by atomic mass is 9.81. The molecule has 3 aliphatic heterocycles. The Balaban J connectivity index is 1.28. The van der Waals surface area contributed by atoms with Crippen molar-refractivity contribution in [2.24, 2.45) is 29.6 Å². The van der Waals surface area contributed by atoms with Crippen LogP contribution in [0.25, 0.3) is 10.9 Å². The van der Waals surface area contributed by atoms with Gasteiger partial charge in [-0.1, -0.05) is 45.4 Å². The third kappa shape index (κ3) is 11.5. The number of hydrogen-bond acceptors (Lipinski definition) is 12. The number of aliphatic hydroxyl groups is 3. The minimum atomic E-state index is -2.52. The number of aryl methyl sites for hydroxylation is 1. The van der Waals surface area contributed by atoms with Gasteiger partial charge in [-0.2, -0.15) is 0 Å². The summed E-state index contributed by atoms with van der Waals surface area (Å²) in [4.78, 5) is 58.3. The van der Waals surface area contributed by atoms with Crippen LogP contribution in [-0.4, -0.2) is 124 Å². The van der Waals surface area contributed by atoms with Gasteiger partial charge >= 0.3 is 5.97 Å². The highest BCUT2D eigenvalue weighted by Crippen LogP contribution is 2.39. The first kappa shape index (κ1) is 51.5. The van der Waals surface area contributed by atoms with Crippen LogP contribution in [0.1, 0.15) is 119 Å². The van der Waals surface area contributed by atoms with Crippen LogP contribution in [0.3, 0.4) is 0 Å². The predicted octanol–water partition coefficient (Wildman–Crippen LogP) is 6.88. The van der Waals surface area contributed by atoms with Crippen LogP contribution in [-0.2, 0) is 44.7 Å². The Labute approximate surface area is 391 Å². The lowest BCUT2D eigenvalue weighted by Gasteiger charge is -2.47. The molecule has 14 unspecified atom stereocenters. The standard InChI is InChI=1S/C52H76N2O12/c1-10-36-23-30(3)22-31(4)24-45(62-8)48-46(63-9)26-33(6)52(61,66-48)49(58)50(59)54-20-13-12-14-40(54)51(60)65-47(34(7)41(55)29-42(36)56)32(5)25-35-15-18-44(43(57)27-35)64-38-16-17-39-37(28-38)19-21-53(39)11-2/h16-17,19,21,23,25,28,31,33-36,40-41,43-48,55,57,61H,10-15,18,20,22,24,26-27,29H2,1-9H3. The van der Waals surface area contributed by atoms with Gasteiger partial charge in [0.05, 0.1) is 24.4 Å². The van der Waals surface area contributed by atoms with E-state index >= 15 is 0 Å². The fourth-order valence-corrected chi connectivity index (χ4v) is 11.0. The van der Waals surface area contributed by atoms with Crippen molar-refractivity contribution in [2.75, 3.05) is 20.8 Å². The summed E-state index contributed by atoms with van der Waals surface area (Å²) < 4.78 is 32.9. The summed E-state index contributed by atoms with van der Waals surface area (Å²) in [5.74, 6) is -7.06. The lowest BCUT2D eigenvalue weighted by molar-refractivity contribution is -0.302. The molecule has 1 amide bonds. The second kappa shape index (κ2) is 22.5.